The Bertz CT molecular complexity index is 672. The lowest BCUT2D eigenvalue weighted by Crippen LogP contribution is -2.43. The molecule has 7 nitrogen and oxygen atoms in total. The van der Waals surface area contributed by atoms with E-state index in [1.165, 1.54) is 28.1 Å². The lowest BCUT2D eigenvalue weighted by Gasteiger charge is -2.37. The van der Waals surface area contributed by atoms with E-state index in [9.17, 15) is 14.7 Å². The molecule has 1 aliphatic heterocycles. The quantitative estimate of drug-likeness (QED) is 0.641. The van der Waals surface area contributed by atoms with E-state index in [2.05, 4.69) is 4.90 Å². The van der Waals surface area contributed by atoms with Crippen LogP contribution in [0.1, 0.15) is 42.1 Å². The molecule has 0 bridgehead atoms. The molecule has 7 heteroatoms. The number of phenolic OH excluding ortho intramolecular Hbond substituents is 1. The average molecular weight is 351 g/mol. The third kappa shape index (κ3) is 3.87. The van der Waals surface area contributed by atoms with Crippen molar-refractivity contribution in [1.82, 2.24) is 4.90 Å². The molecule has 138 valence electrons. The number of hydrogen-bond acceptors (Lipinski definition) is 7. The summed E-state index contributed by atoms with van der Waals surface area (Å²) < 4.78 is 16.1. The Morgan fingerprint density at radius 3 is 2.36 bits per heavy atom. The van der Waals surface area contributed by atoms with Crippen molar-refractivity contribution < 1.29 is 28.9 Å². The molecule has 1 aromatic rings. The van der Waals surface area contributed by atoms with Gasteiger partial charge < -0.3 is 24.2 Å². The van der Waals surface area contributed by atoms with Crippen LogP contribution >= 0.6 is 0 Å². The van der Waals surface area contributed by atoms with Gasteiger partial charge in [0.25, 0.3) is 0 Å². The Balaban J connectivity index is 2.60. The number of rotatable bonds is 5. The van der Waals surface area contributed by atoms with E-state index >= 15 is 0 Å². The van der Waals surface area contributed by atoms with Gasteiger partial charge in [-0.25, -0.2) is 0 Å². The van der Waals surface area contributed by atoms with Crippen LogP contribution < -0.4 is 9.47 Å². The molecule has 0 radical (unpaired) electrons. The second-order valence-electron chi connectivity index (χ2n) is 6.28. The zero-order valence-corrected chi connectivity index (χ0v) is 15.3. The summed E-state index contributed by atoms with van der Waals surface area (Å²) in [5, 5.41) is 10.8. The molecule has 0 amide bonds. The van der Waals surface area contributed by atoms with Crippen LogP contribution in [0.5, 0.6) is 17.2 Å². The van der Waals surface area contributed by atoms with Gasteiger partial charge in [-0.1, -0.05) is 0 Å². The highest BCUT2D eigenvalue weighted by Crippen LogP contribution is 2.46. The highest BCUT2D eigenvalue weighted by Gasteiger charge is 2.37. The highest BCUT2D eigenvalue weighted by atomic mass is 16.5. The maximum absolute atomic E-state index is 12.0. The molecule has 0 saturated carbocycles. The molecule has 2 atom stereocenters. The summed E-state index contributed by atoms with van der Waals surface area (Å²) in [5.41, 5.74) is 0.589. The van der Waals surface area contributed by atoms with Gasteiger partial charge in [-0.3, -0.25) is 9.59 Å². The van der Waals surface area contributed by atoms with Crippen molar-refractivity contribution in [2.45, 2.75) is 32.3 Å². The molecule has 1 saturated heterocycles. The Labute approximate surface area is 147 Å². The van der Waals surface area contributed by atoms with Crippen molar-refractivity contribution >= 4 is 11.8 Å². The van der Waals surface area contributed by atoms with Gasteiger partial charge in [0.1, 0.15) is 28.9 Å². The van der Waals surface area contributed by atoms with E-state index in [0.717, 1.165) is 6.54 Å². The topological polar surface area (TPSA) is 85.3 Å². The van der Waals surface area contributed by atoms with E-state index in [4.69, 9.17) is 14.2 Å². The molecular weight excluding hydrogens is 326 g/mol. The standard InChI is InChI=1S/C18H25NO6/c1-10(20)16-13(23-4)8-14(24-5)17(18(16)22)12-6-7-19(3)9-15(12)25-11(2)21/h8,12,15,22H,6-7,9H2,1-5H3/t12-,15+/m0/s1. The minimum Gasteiger partial charge on any atom is -0.507 e. The normalized spacial score (nSPS) is 20.8. The number of carbonyl (C=O) groups is 2. The Morgan fingerprint density at radius 1 is 1.20 bits per heavy atom. The van der Waals surface area contributed by atoms with Crippen LogP contribution in [0.15, 0.2) is 6.07 Å². The van der Waals surface area contributed by atoms with E-state index < -0.39 is 6.10 Å². The summed E-state index contributed by atoms with van der Waals surface area (Å²) in [6.07, 6.45) is 0.214. The Morgan fingerprint density at radius 2 is 1.84 bits per heavy atom. The van der Waals surface area contributed by atoms with E-state index in [0.29, 0.717) is 24.3 Å². The highest BCUT2D eigenvalue weighted by molar-refractivity contribution is 6.00. The fraction of sp³-hybridized carbons (Fsp3) is 0.556. The SMILES string of the molecule is COc1cc(OC)c([C@H]2CCN(C)C[C@H]2OC(C)=O)c(O)c1C(C)=O. The van der Waals surface area contributed by atoms with Crippen LogP contribution in [0.25, 0.3) is 0 Å². The number of piperidine rings is 1. The van der Waals surface area contributed by atoms with E-state index in [1.807, 2.05) is 7.05 Å². The van der Waals surface area contributed by atoms with Crippen LogP contribution in [-0.4, -0.2) is 62.2 Å². The number of Topliss-reactive ketones (excluding diaryl/α,β-unsaturated/α-hetero) is 1. The molecule has 1 aromatic carbocycles. The number of benzene rings is 1. The van der Waals surface area contributed by atoms with Crippen molar-refractivity contribution in [1.29, 1.82) is 0 Å². The fourth-order valence-electron chi connectivity index (χ4n) is 3.40. The Hall–Kier alpha value is -2.28. The fourth-order valence-corrected chi connectivity index (χ4v) is 3.40. The van der Waals surface area contributed by atoms with Crippen molar-refractivity contribution in [3.05, 3.63) is 17.2 Å². The van der Waals surface area contributed by atoms with Gasteiger partial charge in [0.15, 0.2) is 5.78 Å². The monoisotopic (exact) mass is 351 g/mol. The van der Waals surface area contributed by atoms with Gasteiger partial charge in [0.2, 0.25) is 0 Å². The first-order valence-electron chi connectivity index (χ1n) is 8.14. The van der Waals surface area contributed by atoms with Crippen LogP contribution in [0.4, 0.5) is 0 Å². The van der Waals surface area contributed by atoms with Gasteiger partial charge in [-0.2, -0.15) is 0 Å². The number of likely N-dealkylation sites (tertiary alicyclic amines) is 1. The number of carbonyl (C=O) groups excluding carboxylic acids is 2. The summed E-state index contributed by atoms with van der Waals surface area (Å²) in [6, 6.07) is 1.59. The summed E-state index contributed by atoms with van der Waals surface area (Å²) >= 11 is 0. The summed E-state index contributed by atoms with van der Waals surface area (Å²) in [7, 11) is 4.86. The lowest BCUT2D eigenvalue weighted by molar-refractivity contribution is -0.149. The molecule has 1 heterocycles. The lowest BCUT2D eigenvalue weighted by atomic mass is 9.84. The van der Waals surface area contributed by atoms with Crippen LogP contribution in [-0.2, 0) is 9.53 Å². The maximum atomic E-state index is 12.0. The molecule has 25 heavy (non-hydrogen) atoms. The minimum atomic E-state index is -0.441. The maximum Gasteiger partial charge on any atom is 0.302 e. The van der Waals surface area contributed by atoms with Crippen molar-refractivity contribution in [3.63, 3.8) is 0 Å². The van der Waals surface area contributed by atoms with Gasteiger partial charge in [-0.15, -0.1) is 0 Å². The number of esters is 1. The van der Waals surface area contributed by atoms with Crippen molar-refractivity contribution in [2.24, 2.45) is 0 Å². The molecular formula is C18H25NO6. The number of nitrogens with zero attached hydrogens (tertiary/aromatic N) is 1. The van der Waals surface area contributed by atoms with E-state index in [-0.39, 0.29) is 34.7 Å². The van der Waals surface area contributed by atoms with Gasteiger partial charge in [0, 0.05) is 31.0 Å². The second-order valence-corrected chi connectivity index (χ2v) is 6.28. The first kappa shape index (κ1) is 19.1. The first-order chi connectivity index (χ1) is 11.8. The molecule has 1 N–H and O–H groups in total. The third-order valence-corrected chi connectivity index (χ3v) is 4.51. The minimum absolute atomic E-state index is 0.110. The predicted molar refractivity (Wildman–Crippen MR) is 91.6 cm³/mol. The first-order valence-corrected chi connectivity index (χ1v) is 8.14. The molecule has 1 fully saturated rings. The molecule has 1 aliphatic rings. The summed E-state index contributed by atoms with van der Waals surface area (Å²) in [4.78, 5) is 25.6. The van der Waals surface area contributed by atoms with E-state index in [1.54, 1.807) is 6.07 Å². The third-order valence-electron chi connectivity index (χ3n) is 4.51. The number of aromatic hydroxyl groups is 1. The van der Waals surface area contributed by atoms with Crippen molar-refractivity contribution in [2.75, 3.05) is 34.4 Å². The predicted octanol–water partition coefficient (Wildman–Crippen LogP) is 1.96. The zero-order valence-electron chi connectivity index (χ0n) is 15.3. The van der Waals surface area contributed by atoms with Crippen molar-refractivity contribution in [3.8, 4) is 17.2 Å². The van der Waals surface area contributed by atoms with Gasteiger partial charge >= 0.3 is 5.97 Å². The van der Waals surface area contributed by atoms with Crippen LogP contribution in [0.3, 0.4) is 0 Å². The molecule has 0 aliphatic carbocycles. The smallest absolute Gasteiger partial charge is 0.302 e. The number of ketones is 1. The van der Waals surface area contributed by atoms with Gasteiger partial charge in [0.05, 0.1) is 14.2 Å². The number of likely N-dealkylation sites (N-methyl/N-ethyl adjacent to an activating group) is 1. The number of ether oxygens (including phenoxy) is 3. The number of phenols is 1. The van der Waals surface area contributed by atoms with Crippen LogP contribution in [0, 0.1) is 0 Å². The number of hydrogen-bond donors (Lipinski definition) is 1. The second kappa shape index (κ2) is 7.74. The van der Waals surface area contributed by atoms with Crippen LogP contribution in [0.2, 0.25) is 0 Å². The average Bonchev–Trinajstić information content (AvgIpc) is 2.53. The molecule has 2 rings (SSSR count). The molecule has 0 unspecified atom stereocenters. The number of methoxy groups -OCH3 is 2. The molecule has 0 spiro atoms. The Kier molecular flexibility index (Phi) is 5.89. The zero-order chi connectivity index (χ0) is 18.7. The summed E-state index contributed by atoms with van der Waals surface area (Å²) in [5.74, 6) is -0.484. The van der Waals surface area contributed by atoms with Gasteiger partial charge in [-0.05, 0) is 26.9 Å². The summed E-state index contributed by atoms with van der Waals surface area (Å²) in [6.45, 7) is 4.03. The largest absolute Gasteiger partial charge is 0.507 e. The molecule has 0 aromatic heterocycles.